The predicted octanol–water partition coefficient (Wildman–Crippen LogP) is 3.81. The van der Waals surface area contributed by atoms with Crippen LogP contribution in [-0.2, 0) is 19.4 Å². The predicted molar refractivity (Wildman–Crippen MR) is 114 cm³/mol. The highest BCUT2D eigenvalue weighted by Crippen LogP contribution is 2.24. The number of anilines is 1. The lowest BCUT2D eigenvalue weighted by Gasteiger charge is -2.17. The molecular weight excluding hydrogens is 368 g/mol. The van der Waals surface area contributed by atoms with Gasteiger partial charge in [-0.05, 0) is 24.1 Å². The van der Waals surface area contributed by atoms with Crippen LogP contribution in [-0.4, -0.2) is 34.5 Å². The van der Waals surface area contributed by atoms with Crippen molar-refractivity contribution in [3.05, 3.63) is 76.4 Å². The number of nitrogens with two attached hydrogens (primary N) is 1. The highest BCUT2D eigenvalue weighted by molar-refractivity contribution is 7.15. The van der Waals surface area contributed by atoms with Gasteiger partial charge in [-0.3, -0.25) is 4.90 Å². The first-order valence-corrected chi connectivity index (χ1v) is 10.3. The first kappa shape index (κ1) is 18.7. The molecule has 0 saturated heterocycles. The number of pyridine rings is 1. The van der Waals surface area contributed by atoms with Gasteiger partial charge in [-0.2, -0.15) is 0 Å². The van der Waals surface area contributed by atoms with Gasteiger partial charge in [-0.1, -0.05) is 42.5 Å². The van der Waals surface area contributed by atoms with E-state index in [1.54, 1.807) is 11.3 Å². The van der Waals surface area contributed by atoms with Crippen molar-refractivity contribution < 1.29 is 4.74 Å². The van der Waals surface area contributed by atoms with Crippen molar-refractivity contribution in [3.63, 3.8) is 0 Å². The van der Waals surface area contributed by atoms with Gasteiger partial charge in [-0.25, -0.2) is 9.97 Å². The fourth-order valence-corrected chi connectivity index (χ4v) is 4.14. The fraction of sp³-hybridized carbons (Fsp3) is 0.273. The van der Waals surface area contributed by atoms with Crippen LogP contribution in [0.2, 0.25) is 0 Å². The molecule has 3 heterocycles. The van der Waals surface area contributed by atoms with E-state index in [2.05, 4.69) is 27.0 Å². The maximum absolute atomic E-state index is 5.82. The van der Waals surface area contributed by atoms with Gasteiger partial charge in [0.2, 0.25) is 5.88 Å². The average Bonchev–Trinajstić information content (AvgIpc) is 2.98. The zero-order valence-electron chi connectivity index (χ0n) is 15.8. The summed E-state index contributed by atoms with van der Waals surface area (Å²) in [5, 5.41) is 0.693. The van der Waals surface area contributed by atoms with Crippen LogP contribution in [0.15, 0.2) is 54.6 Å². The quantitative estimate of drug-likeness (QED) is 0.691. The monoisotopic (exact) mass is 392 g/mol. The minimum Gasteiger partial charge on any atom is -0.473 e. The second-order valence-corrected chi connectivity index (χ2v) is 7.92. The van der Waals surface area contributed by atoms with Gasteiger partial charge in [-0.15, -0.1) is 11.3 Å². The Balaban J connectivity index is 1.29. The van der Waals surface area contributed by atoms with E-state index in [4.69, 9.17) is 10.5 Å². The molecule has 0 fully saturated rings. The zero-order chi connectivity index (χ0) is 19.2. The van der Waals surface area contributed by atoms with Crippen LogP contribution in [0.5, 0.6) is 5.88 Å². The van der Waals surface area contributed by atoms with Crippen molar-refractivity contribution in [2.75, 3.05) is 25.4 Å². The Bertz CT molecular complexity index is 913. The summed E-state index contributed by atoms with van der Waals surface area (Å²) in [4.78, 5) is 12.8. The van der Waals surface area contributed by atoms with E-state index in [0.717, 1.165) is 43.7 Å². The lowest BCUT2D eigenvalue weighted by atomic mass is 10.2. The number of hydrogen-bond acceptors (Lipinski definition) is 6. The lowest BCUT2D eigenvalue weighted by molar-refractivity contribution is 0.293. The number of hydrogen-bond donors (Lipinski definition) is 1. The Labute approximate surface area is 169 Å². The molecule has 0 aliphatic carbocycles. The molecular formula is C22H24N4OS. The Morgan fingerprint density at radius 1 is 1.04 bits per heavy atom. The molecule has 6 heteroatoms. The number of benzene rings is 1. The summed E-state index contributed by atoms with van der Waals surface area (Å²) >= 11 is 1.63. The van der Waals surface area contributed by atoms with Gasteiger partial charge in [0, 0.05) is 37.0 Å². The molecule has 5 nitrogen and oxygen atoms in total. The van der Waals surface area contributed by atoms with Crippen LogP contribution in [0.25, 0.3) is 6.08 Å². The van der Waals surface area contributed by atoms with Crippen LogP contribution in [0.1, 0.15) is 21.8 Å². The van der Waals surface area contributed by atoms with Gasteiger partial charge >= 0.3 is 0 Å². The second-order valence-electron chi connectivity index (χ2n) is 6.80. The highest BCUT2D eigenvalue weighted by Gasteiger charge is 2.16. The molecule has 2 aromatic heterocycles. The lowest BCUT2D eigenvalue weighted by Crippen LogP contribution is -2.26. The number of ether oxygens (including phenoxy) is 1. The van der Waals surface area contributed by atoms with E-state index in [0.29, 0.717) is 17.6 Å². The standard InChI is InChI=1S/C22H24N4OS/c23-22-25-19-11-14-26(15-12-20(19)28-22)13-5-9-18-8-4-10-21(24-18)27-16-17-6-2-1-3-7-17/h1-10H,11-16H2,(H2,23,25)/b9-5+. The number of fused-ring (bicyclic) bond motifs is 1. The minimum absolute atomic E-state index is 0.525. The summed E-state index contributed by atoms with van der Waals surface area (Å²) in [5.74, 6) is 0.647. The molecule has 0 radical (unpaired) electrons. The average molecular weight is 393 g/mol. The molecule has 0 saturated carbocycles. The third-order valence-electron chi connectivity index (χ3n) is 4.74. The van der Waals surface area contributed by atoms with Crippen molar-refractivity contribution in [1.29, 1.82) is 0 Å². The number of aromatic nitrogens is 2. The molecule has 0 atom stereocenters. The Morgan fingerprint density at radius 3 is 2.79 bits per heavy atom. The molecule has 2 N–H and O–H groups in total. The smallest absolute Gasteiger partial charge is 0.214 e. The summed E-state index contributed by atoms with van der Waals surface area (Å²) < 4.78 is 5.81. The van der Waals surface area contributed by atoms with Crippen molar-refractivity contribution in [1.82, 2.24) is 14.9 Å². The molecule has 1 aromatic carbocycles. The summed E-state index contributed by atoms with van der Waals surface area (Å²) in [6, 6.07) is 16.0. The Morgan fingerprint density at radius 2 is 1.89 bits per heavy atom. The summed E-state index contributed by atoms with van der Waals surface area (Å²) in [6.45, 7) is 3.47. The van der Waals surface area contributed by atoms with E-state index in [1.165, 1.54) is 10.6 Å². The SMILES string of the molecule is Nc1nc2c(s1)CCN(C/C=C/c1cccc(OCc3ccccc3)n1)CC2. The van der Waals surface area contributed by atoms with E-state index in [9.17, 15) is 0 Å². The highest BCUT2D eigenvalue weighted by atomic mass is 32.1. The van der Waals surface area contributed by atoms with Crippen LogP contribution in [0, 0.1) is 0 Å². The maximum Gasteiger partial charge on any atom is 0.214 e. The first-order chi connectivity index (χ1) is 13.8. The number of nitrogens with zero attached hydrogens (tertiary/aromatic N) is 3. The minimum atomic E-state index is 0.525. The largest absolute Gasteiger partial charge is 0.473 e. The summed E-state index contributed by atoms with van der Waals surface area (Å²) in [7, 11) is 0. The fourth-order valence-electron chi connectivity index (χ4n) is 3.27. The molecule has 0 amide bonds. The zero-order valence-corrected chi connectivity index (χ0v) is 16.6. The van der Waals surface area contributed by atoms with Gasteiger partial charge in [0.05, 0.1) is 11.4 Å². The van der Waals surface area contributed by atoms with E-state index in [1.807, 2.05) is 48.5 Å². The van der Waals surface area contributed by atoms with E-state index in [-0.39, 0.29) is 0 Å². The molecule has 28 heavy (non-hydrogen) atoms. The molecule has 1 aliphatic rings. The van der Waals surface area contributed by atoms with Crippen molar-refractivity contribution >= 4 is 22.5 Å². The topological polar surface area (TPSA) is 64.3 Å². The molecule has 4 rings (SSSR count). The van der Waals surface area contributed by atoms with E-state index >= 15 is 0 Å². The molecule has 3 aromatic rings. The molecule has 1 aliphatic heterocycles. The van der Waals surface area contributed by atoms with Crippen LogP contribution >= 0.6 is 11.3 Å². The number of thiazole rings is 1. The van der Waals surface area contributed by atoms with E-state index < -0.39 is 0 Å². The Hall–Kier alpha value is -2.70. The third kappa shape index (κ3) is 4.97. The van der Waals surface area contributed by atoms with Crippen LogP contribution in [0.3, 0.4) is 0 Å². The molecule has 144 valence electrons. The normalized spacial score (nSPS) is 14.7. The van der Waals surface area contributed by atoms with Crippen LogP contribution < -0.4 is 10.5 Å². The number of rotatable bonds is 6. The number of nitrogen functional groups attached to an aromatic ring is 1. The van der Waals surface area contributed by atoms with Crippen LogP contribution in [0.4, 0.5) is 5.13 Å². The molecule has 0 unspecified atom stereocenters. The third-order valence-corrected chi connectivity index (χ3v) is 5.73. The van der Waals surface area contributed by atoms with Crippen molar-refractivity contribution in [2.24, 2.45) is 0 Å². The second kappa shape index (κ2) is 8.99. The van der Waals surface area contributed by atoms with Crippen molar-refractivity contribution in [3.8, 4) is 5.88 Å². The van der Waals surface area contributed by atoms with Gasteiger partial charge in [0.15, 0.2) is 5.13 Å². The first-order valence-electron chi connectivity index (χ1n) is 9.53. The maximum atomic E-state index is 5.82. The molecule has 0 spiro atoms. The van der Waals surface area contributed by atoms with Gasteiger partial charge < -0.3 is 10.5 Å². The van der Waals surface area contributed by atoms with Crippen molar-refractivity contribution in [2.45, 2.75) is 19.4 Å². The summed E-state index contributed by atoms with van der Waals surface area (Å²) in [5.41, 5.74) is 9.05. The summed E-state index contributed by atoms with van der Waals surface area (Å²) in [6.07, 6.45) is 6.23. The van der Waals surface area contributed by atoms with Gasteiger partial charge in [0.1, 0.15) is 6.61 Å². The molecule has 0 bridgehead atoms. The van der Waals surface area contributed by atoms with Gasteiger partial charge in [0.25, 0.3) is 0 Å². The Kier molecular flexibility index (Phi) is 5.99.